The average Bonchev–Trinajstić information content (AvgIpc) is 2.72. The largest absolute Gasteiger partial charge is 0.292 e. The van der Waals surface area contributed by atoms with Crippen LogP contribution in [0.5, 0.6) is 0 Å². The van der Waals surface area contributed by atoms with Gasteiger partial charge in [-0.3, -0.25) is 9.48 Å². The SMILES string of the molecule is C=CCCCC(=O)c1cc(CC)nn1CC. The van der Waals surface area contributed by atoms with E-state index in [9.17, 15) is 4.79 Å². The molecule has 0 atom stereocenters. The van der Waals surface area contributed by atoms with Crippen molar-refractivity contribution in [3.63, 3.8) is 0 Å². The first-order chi connectivity index (χ1) is 7.72. The molecule has 0 aliphatic rings. The van der Waals surface area contributed by atoms with E-state index in [1.165, 1.54) is 0 Å². The Labute approximate surface area is 97.2 Å². The summed E-state index contributed by atoms with van der Waals surface area (Å²) >= 11 is 0. The fourth-order valence-corrected chi connectivity index (χ4v) is 1.64. The van der Waals surface area contributed by atoms with E-state index in [1.807, 2.05) is 26.0 Å². The molecule has 1 rings (SSSR count). The van der Waals surface area contributed by atoms with Crippen molar-refractivity contribution in [3.8, 4) is 0 Å². The maximum Gasteiger partial charge on any atom is 0.180 e. The van der Waals surface area contributed by atoms with Crippen molar-refractivity contribution in [2.24, 2.45) is 0 Å². The number of carbonyl (C=O) groups excluding carboxylic acids is 1. The van der Waals surface area contributed by atoms with Gasteiger partial charge in [-0.1, -0.05) is 13.0 Å². The van der Waals surface area contributed by atoms with Crippen LogP contribution in [0, 0.1) is 0 Å². The number of Topliss-reactive ketones (excluding diaryl/α,β-unsaturated/α-hetero) is 1. The predicted octanol–water partition coefficient (Wildman–Crippen LogP) is 3.00. The van der Waals surface area contributed by atoms with Gasteiger partial charge in [0.2, 0.25) is 0 Å². The zero-order valence-electron chi connectivity index (χ0n) is 10.2. The fraction of sp³-hybridized carbons (Fsp3) is 0.538. The van der Waals surface area contributed by atoms with E-state index >= 15 is 0 Å². The van der Waals surface area contributed by atoms with Crippen LogP contribution in [0.25, 0.3) is 0 Å². The number of hydrogen-bond acceptors (Lipinski definition) is 2. The number of aryl methyl sites for hydroxylation is 2. The molecule has 1 aromatic heterocycles. The molecule has 0 saturated carbocycles. The first-order valence-electron chi connectivity index (χ1n) is 5.93. The summed E-state index contributed by atoms with van der Waals surface area (Å²) in [7, 11) is 0. The minimum absolute atomic E-state index is 0.191. The summed E-state index contributed by atoms with van der Waals surface area (Å²) in [4.78, 5) is 11.9. The lowest BCUT2D eigenvalue weighted by Crippen LogP contribution is -2.09. The molecule has 16 heavy (non-hydrogen) atoms. The number of hydrogen-bond donors (Lipinski definition) is 0. The van der Waals surface area contributed by atoms with Crippen LogP contribution in [-0.4, -0.2) is 15.6 Å². The molecule has 0 radical (unpaired) electrons. The van der Waals surface area contributed by atoms with Crippen molar-refractivity contribution in [2.75, 3.05) is 0 Å². The molecular formula is C13H20N2O. The monoisotopic (exact) mass is 220 g/mol. The lowest BCUT2D eigenvalue weighted by atomic mass is 10.1. The molecule has 0 fully saturated rings. The number of rotatable bonds is 7. The Balaban J connectivity index is 2.73. The van der Waals surface area contributed by atoms with Crippen molar-refractivity contribution in [2.45, 2.75) is 46.1 Å². The van der Waals surface area contributed by atoms with Crippen molar-refractivity contribution >= 4 is 5.78 Å². The molecule has 0 amide bonds. The van der Waals surface area contributed by atoms with Crippen LogP contribution < -0.4 is 0 Å². The van der Waals surface area contributed by atoms with Crippen molar-refractivity contribution in [1.82, 2.24) is 9.78 Å². The van der Waals surface area contributed by atoms with E-state index in [2.05, 4.69) is 11.7 Å². The van der Waals surface area contributed by atoms with Crippen molar-refractivity contribution in [3.05, 3.63) is 30.1 Å². The molecule has 0 spiro atoms. The third-order valence-corrected chi connectivity index (χ3v) is 2.59. The first kappa shape index (κ1) is 12.7. The molecule has 0 aromatic carbocycles. The summed E-state index contributed by atoms with van der Waals surface area (Å²) in [6.07, 6.45) is 5.08. The highest BCUT2D eigenvalue weighted by molar-refractivity contribution is 5.94. The van der Waals surface area contributed by atoms with Crippen LogP contribution in [0.15, 0.2) is 18.7 Å². The highest BCUT2D eigenvalue weighted by Crippen LogP contribution is 2.10. The smallest absolute Gasteiger partial charge is 0.180 e. The zero-order valence-corrected chi connectivity index (χ0v) is 10.2. The second kappa shape index (κ2) is 6.26. The van der Waals surface area contributed by atoms with E-state index in [0.29, 0.717) is 6.42 Å². The number of aromatic nitrogens is 2. The second-order valence-corrected chi connectivity index (χ2v) is 3.79. The summed E-state index contributed by atoms with van der Waals surface area (Å²) in [6, 6.07) is 1.92. The summed E-state index contributed by atoms with van der Waals surface area (Å²) in [5.41, 5.74) is 1.75. The molecule has 0 aliphatic carbocycles. The fourth-order valence-electron chi connectivity index (χ4n) is 1.64. The van der Waals surface area contributed by atoms with Gasteiger partial charge in [-0.05, 0) is 32.3 Å². The summed E-state index contributed by atoms with van der Waals surface area (Å²) in [6.45, 7) is 8.46. The van der Waals surface area contributed by atoms with E-state index in [-0.39, 0.29) is 5.78 Å². The number of ketones is 1. The number of carbonyl (C=O) groups is 1. The minimum Gasteiger partial charge on any atom is -0.292 e. The Hall–Kier alpha value is -1.38. The summed E-state index contributed by atoms with van der Waals surface area (Å²) in [5.74, 6) is 0.191. The summed E-state index contributed by atoms with van der Waals surface area (Å²) < 4.78 is 1.80. The standard InChI is InChI=1S/C13H20N2O/c1-4-7-8-9-13(16)12-10-11(5-2)14-15(12)6-3/h4,10H,1,5-9H2,2-3H3. The number of unbranched alkanes of at least 4 members (excludes halogenated alkanes) is 1. The van der Waals surface area contributed by atoms with E-state index in [0.717, 1.165) is 37.2 Å². The molecular weight excluding hydrogens is 200 g/mol. The van der Waals surface area contributed by atoms with Crippen molar-refractivity contribution < 1.29 is 4.79 Å². The Morgan fingerprint density at radius 3 is 2.88 bits per heavy atom. The van der Waals surface area contributed by atoms with Crippen LogP contribution in [0.3, 0.4) is 0 Å². The molecule has 88 valence electrons. The average molecular weight is 220 g/mol. The molecule has 3 nitrogen and oxygen atoms in total. The maximum absolute atomic E-state index is 11.9. The lowest BCUT2D eigenvalue weighted by Gasteiger charge is -2.02. The van der Waals surface area contributed by atoms with Gasteiger partial charge in [-0.25, -0.2) is 0 Å². The highest BCUT2D eigenvalue weighted by atomic mass is 16.1. The molecule has 0 N–H and O–H groups in total. The molecule has 0 bridgehead atoms. The van der Waals surface area contributed by atoms with Gasteiger partial charge in [-0.15, -0.1) is 6.58 Å². The van der Waals surface area contributed by atoms with Crippen LogP contribution in [0.4, 0.5) is 0 Å². The van der Waals surface area contributed by atoms with Gasteiger partial charge in [0.25, 0.3) is 0 Å². The number of allylic oxidation sites excluding steroid dienone is 1. The second-order valence-electron chi connectivity index (χ2n) is 3.79. The third kappa shape index (κ3) is 3.05. The quantitative estimate of drug-likeness (QED) is 0.402. The molecule has 0 saturated heterocycles. The Morgan fingerprint density at radius 2 is 2.31 bits per heavy atom. The normalized spacial score (nSPS) is 10.4. The third-order valence-electron chi connectivity index (χ3n) is 2.59. The molecule has 1 heterocycles. The zero-order chi connectivity index (χ0) is 12.0. The van der Waals surface area contributed by atoms with Crippen LogP contribution in [-0.2, 0) is 13.0 Å². The first-order valence-corrected chi connectivity index (χ1v) is 5.93. The van der Waals surface area contributed by atoms with Gasteiger partial charge >= 0.3 is 0 Å². The van der Waals surface area contributed by atoms with E-state index in [4.69, 9.17) is 0 Å². The van der Waals surface area contributed by atoms with E-state index in [1.54, 1.807) is 4.68 Å². The van der Waals surface area contributed by atoms with Gasteiger partial charge in [0, 0.05) is 13.0 Å². The molecule has 0 aliphatic heterocycles. The molecule has 3 heteroatoms. The van der Waals surface area contributed by atoms with Crippen LogP contribution in [0.2, 0.25) is 0 Å². The van der Waals surface area contributed by atoms with Crippen molar-refractivity contribution in [1.29, 1.82) is 0 Å². The van der Waals surface area contributed by atoms with Gasteiger partial charge < -0.3 is 0 Å². The number of nitrogens with zero attached hydrogens (tertiary/aromatic N) is 2. The van der Waals surface area contributed by atoms with Gasteiger partial charge in [0.05, 0.1) is 5.69 Å². The Morgan fingerprint density at radius 1 is 1.56 bits per heavy atom. The van der Waals surface area contributed by atoms with Crippen LogP contribution >= 0.6 is 0 Å². The minimum atomic E-state index is 0.191. The highest BCUT2D eigenvalue weighted by Gasteiger charge is 2.12. The van der Waals surface area contributed by atoms with Gasteiger partial charge in [-0.2, -0.15) is 5.10 Å². The van der Waals surface area contributed by atoms with Gasteiger partial charge in [0.15, 0.2) is 5.78 Å². The maximum atomic E-state index is 11.9. The van der Waals surface area contributed by atoms with Crippen LogP contribution in [0.1, 0.15) is 49.3 Å². The Bertz CT molecular complexity index is 366. The van der Waals surface area contributed by atoms with E-state index < -0.39 is 0 Å². The Kier molecular flexibility index (Phi) is 4.96. The summed E-state index contributed by atoms with van der Waals surface area (Å²) in [5, 5.41) is 4.37. The molecule has 0 unspecified atom stereocenters. The topological polar surface area (TPSA) is 34.9 Å². The molecule has 1 aromatic rings. The predicted molar refractivity (Wildman–Crippen MR) is 65.7 cm³/mol. The lowest BCUT2D eigenvalue weighted by molar-refractivity contribution is 0.0970. The van der Waals surface area contributed by atoms with Gasteiger partial charge in [0.1, 0.15) is 5.69 Å².